The van der Waals surface area contributed by atoms with Crippen LogP contribution in [0, 0.1) is 11.8 Å². The standard InChI is InChI=1S/C27H37N5O8/c33-22(15-30-24(35)18-4-6-19(7-5-18)26(37)38)31-21(27(39)40)14-29-25(36)20-2-1-13-32(16-20)23(34)8-3-17-9-11-28-12-10-17/h4-7,17,20-21,28H,1-3,8-16H2,(H,29,36)(H,30,35)(H,31,33)(H,37,38)(H,39,40)/t20-,21+/m1/s1. The van der Waals surface area contributed by atoms with Gasteiger partial charge in [-0.05, 0) is 75.4 Å². The van der Waals surface area contributed by atoms with Gasteiger partial charge in [0.05, 0.1) is 18.0 Å². The Morgan fingerprint density at radius 1 is 0.950 bits per heavy atom. The number of piperidine rings is 2. The minimum Gasteiger partial charge on any atom is -0.480 e. The van der Waals surface area contributed by atoms with Crippen molar-refractivity contribution in [3.05, 3.63) is 35.4 Å². The number of aromatic carboxylic acids is 1. The number of amides is 4. The van der Waals surface area contributed by atoms with Crippen molar-refractivity contribution >= 4 is 35.6 Å². The molecule has 2 saturated heterocycles. The van der Waals surface area contributed by atoms with E-state index in [0.717, 1.165) is 32.4 Å². The van der Waals surface area contributed by atoms with Gasteiger partial charge in [-0.3, -0.25) is 19.2 Å². The molecule has 0 saturated carbocycles. The Balaban J connectivity index is 1.41. The molecule has 4 amide bonds. The predicted octanol–water partition coefficient (Wildman–Crippen LogP) is -0.181. The van der Waals surface area contributed by atoms with Gasteiger partial charge >= 0.3 is 11.9 Å². The molecule has 3 rings (SSSR count). The van der Waals surface area contributed by atoms with Crippen LogP contribution < -0.4 is 21.3 Å². The van der Waals surface area contributed by atoms with E-state index >= 15 is 0 Å². The molecule has 40 heavy (non-hydrogen) atoms. The highest BCUT2D eigenvalue weighted by atomic mass is 16.4. The zero-order valence-corrected chi connectivity index (χ0v) is 22.3. The summed E-state index contributed by atoms with van der Waals surface area (Å²) in [5.74, 6) is -4.19. The van der Waals surface area contributed by atoms with Crippen LogP contribution in [0.4, 0.5) is 0 Å². The molecule has 0 radical (unpaired) electrons. The monoisotopic (exact) mass is 559 g/mol. The van der Waals surface area contributed by atoms with E-state index in [1.54, 1.807) is 4.90 Å². The fraction of sp³-hybridized carbons (Fsp3) is 0.556. The number of carboxylic acid groups (broad SMARTS) is 2. The Morgan fingerprint density at radius 3 is 2.27 bits per heavy atom. The highest BCUT2D eigenvalue weighted by Gasteiger charge is 2.30. The molecule has 2 atom stereocenters. The lowest BCUT2D eigenvalue weighted by atomic mass is 9.92. The molecule has 6 N–H and O–H groups in total. The van der Waals surface area contributed by atoms with E-state index in [9.17, 15) is 33.9 Å². The lowest BCUT2D eigenvalue weighted by Crippen LogP contribution is -2.52. The number of nitrogens with zero attached hydrogens (tertiary/aromatic N) is 1. The third kappa shape index (κ3) is 9.33. The molecule has 2 fully saturated rings. The molecule has 13 nitrogen and oxygen atoms in total. The van der Waals surface area contributed by atoms with Crippen LogP contribution in [0.1, 0.15) is 59.2 Å². The average Bonchev–Trinajstić information content (AvgIpc) is 2.97. The van der Waals surface area contributed by atoms with Crippen LogP contribution in [0.3, 0.4) is 0 Å². The lowest BCUT2D eigenvalue weighted by Gasteiger charge is -2.33. The second-order valence-electron chi connectivity index (χ2n) is 10.2. The zero-order valence-electron chi connectivity index (χ0n) is 22.3. The molecule has 0 bridgehead atoms. The Hall–Kier alpha value is -4.00. The summed E-state index contributed by atoms with van der Waals surface area (Å²) < 4.78 is 0. The average molecular weight is 560 g/mol. The molecule has 218 valence electrons. The van der Waals surface area contributed by atoms with Crippen LogP contribution in [0.2, 0.25) is 0 Å². The van der Waals surface area contributed by atoms with E-state index in [-0.39, 0.29) is 36.0 Å². The van der Waals surface area contributed by atoms with Gasteiger partial charge in [0.1, 0.15) is 6.04 Å². The molecular weight excluding hydrogens is 522 g/mol. The number of likely N-dealkylation sites (tertiary alicyclic amines) is 1. The smallest absolute Gasteiger partial charge is 0.335 e. The fourth-order valence-corrected chi connectivity index (χ4v) is 4.89. The van der Waals surface area contributed by atoms with Crippen molar-refractivity contribution in [2.45, 2.75) is 44.6 Å². The number of carbonyl (C=O) groups is 6. The van der Waals surface area contributed by atoms with Crippen LogP contribution in [0.5, 0.6) is 0 Å². The summed E-state index contributed by atoms with van der Waals surface area (Å²) in [4.78, 5) is 74.2. The normalized spacial score (nSPS) is 18.3. The number of aliphatic carboxylic acids is 1. The van der Waals surface area contributed by atoms with Crippen molar-refractivity contribution in [1.82, 2.24) is 26.2 Å². The molecule has 0 spiro atoms. The molecular formula is C27H37N5O8. The minimum atomic E-state index is -1.42. The first kappa shape index (κ1) is 30.5. The van der Waals surface area contributed by atoms with Gasteiger partial charge < -0.3 is 36.4 Å². The molecule has 0 unspecified atom stereocenters. The molecule has 13 heteroatoms. The Kier molecular flexibility index (Phi) is 11.4. The van der Waals surface area contributed by atoms with E-state index in [1.807, 2.05) is 0 Å². The van der Waals surface area contributed by atoms with Gasteiger partial charge in [-0.2, -0.15) is 0 Å². The van der Waals surface area contributed by atoms with Gasteiger partial charge in [0, 0.05) is 31.6 Å². The number of carboxylic acids is 2. The predicted molar refractivity (Wildman–Crippen MR) is 142 cm³/mol. The Labute approximate surface area is 232 Å². The summed E-state index contributed by atoms with van der Waals surface area (Å²) in [6.07, 6.45) is 4.67. The molecule has 0 aliphatic carbocycles. The minimum absolute atomic E-state index is 0.000734. The summed E-state index contributed by atoms with van der Waals surface area (Å²) in [6, 6.07) is 3.66. The van der Waals surface area contributed by atoms with Gasteiger partial charge in [0.2, 0.25) is 17.7 Å². The van der Waals surface area contributed by atoms with Gasteiger partial charge in [-0.15, -0.1) is 0 Å². The fourth-order valence-electron chi connectivity index (χ4n) is 4.89. The first-order chi connectivity index (χ1) is 19.1. The SMILES string of the molecule is O=C(CNC(=O)c1ccc(C(=O)O)cc1)N[C@@H](CNC(=O)[C@@H]1CCCN(C(=O)CCC2CCNCC2)C1)C(=O)O. The quantitative estimate of drug-likeness (QED) is 0.201. The summed E-state index contributed by atoms with van der Waals surface area (Å²) in [6.45, 7) is 1.95. The second kappa shape index (κ2) is 15.0. The molecule has 1 aromatic carbocycles. The molecule has 2 aliphatic heterocycles. The number of rotatable bonds is 12. The highest BCUT2D eigenvalue weighted by molar-refractivity contribution is 5.98. The first-order valence-electron chi connectivity index (χ1n) is 13.5. The summed E-state index contributed by atoms with van der Waals surface area (Å²) in [7, 11) is 0. The van der Waals surface area contributed by atoms with Crippen molar-refractivity contribution < 1.29 is 39.0 Å². The van der Waals surface area contributed by atoms with E-state index in [1.165, 1.54) is 24.3 Å². The lowest BCUT2D eigenvalue weighted by molar-refractivity contribution is -0.141. The van der Waals surface area contributed by atoms with Crippen molar-refractivity contribution in [1.29, 1.82) is 0 Å². The first-order valence-corrected chi connectivity index (χ1v) is 13.5. The van der Waals surface area contributed by atoms with Crippen molar-refractivity contribution in [3.8, 4) is 0 Å². The highest BCUT2D eigenvalue weighted by Crippen LogP contribution is 2.21. The number of carbonyl (C=O) groups excluding carboxylic acids is 4. The molecule has 1 aromatic rings. The Morgan fingerprint density at radius 2 is 1.62 bits per heavy atom. The number of hydrogen-bond donors (Lipinski definition) is 6. The van der Waals surface area contributed by atoms with Crippen molar-refractivity contribution in [2.75, 3.05) is 39.3 Å². The molecule has 0 aromatic heterocycles. The van der Waals surface area contributed by atoms with Crippen LogP contribution in [-0.2, 0) is 19.2 Å². The number of benzene rings is 1. The molecule has 2 aliphatic rings. The van der Waals surface area contributed by atoms with Crippen LogP contribution in [-0.4, -0.2) is 96.0 Å². The van der Waals surface area contributed by atoms with Crippen molar-refractivity contribution in [2.24, 2.45) is 11.8 Å². The summed E-state index contributed by atoms with van der Waals surface area (Å²) >= 11 is 0. The van der Waals surface area contributed by atoms with Crippen molar-refractivity contribution in [3.63, 3.8) is 0 Å². The maximum atomic E-state index is 12.8. The third-order valence-corrected chi connectivity index (χ3v) is 7.29. The van der Waals surface area contributed by atoms with E-state index < -0.39 is 42.3 Å². The number of hydrogen-bond acceptors (Lipinski definition) is 7. The van der Waals surface area contributed by atoms with E-state index in [0.29, 0.717) is 31.7 Å². The van der Waals surface area contributed by atoms with Gasteiger partial charge in [0.25, 0.3) is 5.91 Å². The Bertz CT molecular complexity index is 1090. The topological polar surface area (TPSA) is 194 Å². The zero-order chi connectivity index (χ0) is 29.1. The van der Waals surface area contributed by atoms with Gasteiger partial charge in [-0.25, -0.2) is 9.59 Å². The maximum absolute atomic E-state index is 12.8. The van der Waals surface area contributed by atoms with Crippen LogP contribution in [0.15, 0.2) is 24.3 Å². The largest absolute Gasteiger partial charge is 0.480 e. The molecule has 2 heterocycles. The van der Waals surface area contributed by atoms with Gasteiger partial charge in [0.15, 0.2) is 0 Å². The summed E-state index contributed by atoms with van der Waals surface area (Å²) in [5.41, 5.74) is 0.131. The van der Waals surface area contributed by atoms with Crippen LogP contribution in [0.25, 0.3) is 0 Å². The van der Waals surface area contributed by atoms with Gasteiger partial charge in [-0.1, -0.05) is 0 Å². The third-order valence-electron chi connectivity index (χ3n) is 7.29. The second-order valence-corrected chi connectivity index (χ2v) is 10.2. The number of nitrogens with one attached hydrogen (secondary N) is 4. The maximum Gasteiger partial charge on any atom is 0.335 e. The van der Waals surface area contributed by atoms with Crippen LogP contribution >= 0.6 is 0 Å². The van der Waals surface area contributed by atoms with E-state index in [2.05, 4.69) is 21.3 Å². The summed E-state index contributed by atoms with van der Waals surface area (Å²) in [5, 5.41) is 28.9. The van der Waals surface area contributed by atoms with E-state index in [4.69, 9.17) is 5.11 Å².